The number of fused-ring (bicyclic) bond motifs is 1. The van der Waals surface area contributed by atoms with Gasteiger partial charge in [0.25, 0.3) is 0 Å². The molecular weight excluding hydrogens is 320 g/mol. The molecule has 2 aromatic rings. The third kappa shape index (κ3) is 3.34. The van der Waals surface area contributed by atoms with Gasteiger partial charge in [-0.15, -0.1) is 0 Å². The first-order chi connectivity index (χ1) is 12.2. The smallest absolute Gasteiger partial charge is 0.231 e. The van der Waals surface area contributed by atoms with E-state index >= 15 is 0 Å². The van der Waals surface area contributed by atoms with Crippen molar-refractivity contribution in [2.24, 2.45) is 0 Å². The SMILES string of the molecule is Cc1oc(-c2ccc3c(c2)OCO3)nc1CC(=O)N1CCCCCC1. The first-order valence-corrected chi connectivity index (χ1v) is 8.85. The number of likely N-dealkylation sites (tertiary alicyclic amines) is 1. The van der Waals surface area contributed by atoms with E-state index in [4.69, 9.17) is 13.9 Å². The molecule has 2 aliphatic rings. The molecule has 6 heteroatoms. The highest BCUT2D eigenvalue weighted by Crippen LogP contribution is 2.36. The average molecular weight is 342 g/mol. The number of carbonyl (C=O) groups excluding carboxylic acids is 1. The fraction of sp³-hybridized carbons (Fsp3) is 0.474. The lowest BCUT2D eigenvalue weighted by molar-refractivity contribution is -0.130. The van der Waals surface area contributed by atoms with Gasteiger partial charge in [0.2, 0.25) is 18.6 Å². The molecule has 6 nitrogen and oxygen atoms in total. The van der Waals surface area contributed by atoms with Crippen LogP contribution in [0.2, 0.25) is 0 Å². The number of hydrogen-bond acceptors (Lipinski definition) is 5. The van der Waals surface area contributed by atoms with E-state index in [0.717, 1.165) is 37.2 Å². The summed E-state index contributed by atoms with van der Waals surface area (Å²) in [6.45, 7) is 3.79. The molecule has 25 heavy (non-hydrogen) atoms. The topological polar surface area (TPSA) is 64.8 Å². The fourth-order valence-electron chi connectivity index (χ4n) is 3.32. The average Bonchev–Trinajstić information content (AvgIpc) is 3.11. The van der Waals surface area contributed by atoms with Crippen molar-refractivity contribution < 1.29 is 18.7 Å². The van der Waals surface area contributed by atoms with Crippen LogP contribution in [-0.2, 0) is 11.2 Å². The second-order valence-electron chi connectivity index (χ2n) is 6.56. The molecule has 2 aliphatic heterocycles. The summed E-state index contributed by atoms with van der Waals surface area (Å²) in [6.07, 6.45) is 4.89. The minimum Gasteiger partial charge on any atom is -0.454 e. The van der Waals surface area contributed by atoms with Crippen molar-refractivity contribution >= 4 is 5.91 Å². The van der Waals surface area contributed by atoms with E-state index in [2.05, 4.69) is 4.98 Å². The summed E-state index contributed by atoms with van der Waals surface area (Å²) in [4.78, 5) is 19.1. The Labute approximate surface area is 146 Å². The number of oxazole rings is 1. The van der Waals surface area contributed by atoms with Crippen molar-refractivity contribution in [1.82, 2.24) is 9.88 Å². The van der Waals surface area contributed by atoms with Crippen LogP contribution in [0.5, 0.6) is 11.5 Å². The van der Waals surface area contributed by atoms with Crippen LogP contribution in [0.25, 0.3) is 11.5 Å². The minimum atomic E-state index is 0.135. The van der Waals surface area contributed by atoms with Crippen LogP contribution in [0.4, 0.5) is 0 Å². The number of hydrogen-bond donors (Lipinski definition) is 0. The van der Waals surface area contributed by atoms with Crippen LogP contribution in [0.15, 0.2) is 22.6 Å². The molecule has 0 spiro atoms. The zero-order valence-electron chi connectivity index (χ0n) is 14.4. The van der Waals surface area contributed by atoms with Crippen LogP contribution in [-0.4, -0.2) is 35.7 Å². The highest BCUT2D eigenvalue weighted by molar-refractivity contribution is 5.78. The van der Waals surface area contributed by atoms with Gasteiger partial charge in [-0.3, -0.25) is 4.79 Å². The lowest BCUT2D eigenvalue weighted by atomic mass is 10.2. The zero-order chi connectivity index (χ0) is 17.2. The molecule has 1 saturated heterocycles. The molecule has 0 aliphatic carbocycles. The number of aromatic nitrogens is 1. The van der Waals surface area contributed by atoms with E-state index in [1.807, 2.05) is 30.0 Å². The van der Waals surface area contributed by atoms with Gasteiger partial charge in [0, 0.05) is 18.7 Å². The van der Waals surface area contributed by atoms with Gasteiger partial charge >= 0.3 is 0 Å². The summed E-state index contributed by atoms with van der Waals surface area (Å²) in [5, 5.41) is 0. The number of rotatable bonds is 3. The van der Waals surface area contributed by atoms with E-state index in [1.54, 1.807) is 0 Å². The molecule has 0 radical (unpaired) electrons. The van der Waals surface area contributed by atoms with E-state index in [9.17, 15) is 4.79 Å². The van der Waals surface area contributed by atoms with E-state index in [-0.39, 0.29) is 12.7 Å². The maximum atomic E-state index is 12.6. The summed E-state index contributed by atoms with van der Waals surface area (Å²) in [6, 6.07) is 5.59. The van der Waals surface area contributed by atoms with Crippen LogP contribution < -0.4 is 9.47 Å². The largest absolute Gasteiger partial charge is 0.454 e. The summed E-state index contributed by atoms with van der Waals surface area (Å²) in [7, 11) is 0. The molecule has 0 unspecified atom stereocenters. The van der Waals surface area contributed by atoms with Crippen LogP contribution in [0.1, 0.15) is 37.1 Å². The van der Waals surface area contributed by atoms with Crippen molar-refractivity contribution in [3.8, 4) is 23.0 Å². The van der Waals surface area contributed by atoms with Crippen LogP contribution in [0.3, 0.4) is 0 Å². The molecule has 0 N–H and O–H groups in total. The highest BCUT2D eigenvalue weighted by atomic mass is 16.7. The first-order valence-electron chi connectivity index (χ1n) is 8.85. The Morgan fingerprint density at radius 2 is 1.88 bits per heavy atom. The van der Waals surface area contributed by atoms with Gasteiger partial charge in [-0.25, -0.2) is 4.98 Å². The fourth-order valence-corrected chi connectivity index (χ4v) is 3.32. The third-order valence-corrected chi connectivity index (χ3v) is 4.79. The predicted octanol–water partition coefficient (Wildman–Crippen LogP) is 3.32. The van der Waals surface area contributed by atoms with Crippen molar-refractivity contribution in [3.63, 3.8) is 0 Å². The Morgan fingerprint density at radius 1 is 1.12 bits per heavy atom. The lowest BCUT2D eigenvalue weighted by Gasteiger charge is -2.19. The second-order valence-corrected chi connectivity index (χ2v) is 6.56. The maximum absolute atomic E-state index is 12.6. The normalized spacial score (nSPS) is 16.8. The molecule has 1 aromatic heterocycles. The quantitative estimate of drug-likeness (QED) is 0.856. The standard InChI is InChI=1S/C19H22N2O4/c1-13-15(11-18(22)21-8-4-2-3-5-9-21)20-19(25-13)14-6-7-16-17(10-14)24-12-23-16/h6-7,10H,2-5,8-9,11-12H2,1H3. The molecule has 0 saturated carbocycles. The minimum absolute atomic E-state index is 0.135. The molecule has 3 heterocycles. The Kier molecular flexibility index (Phi) is 4.34. The molecule has 1 fully saturated rings. The van der Waals surface area contributed by atoms with Gasteiger partial charge < -0.3 is 18.8 Å². The molecule has 4 rings (SSSR count). The Morgan fingerprint density at radius 3 is 2.68 bits per heavy atom. The van der Waals surface area contributed by atoms with Gasteiger partial charge in [-0.05, 0) is 38.0 Å². The highest BCUT2D eigenvalue weighted by Gasteiger charge is 2.21. The van der Waals surface area contributed by atoms with Gasteiger partial charge in [-0.1, -0.05) is 12.8 Å². The summed E-state index contributed by atoms with van der Waals surface area (Å²) < 4.78 is 16.5. The number of aryl methyl sites for hydroxylation is 1. The van der Waals surface area contributed by atoms with E-state index in [1.165, 1.54) is 12.8 Å². The zero-order valence-corrected chi connectivity index (χ0v) is 14.4. The lowest BCUT2D eigenvalue weighted by Crippen LogP contribution is -2.33. The monoisotopic (exact) mass is 342 g/mol. The summed E-state index contributed by atoms with van der Waals surface area (Å²) >= 11 is 0. The maximum Gasteiger partial charge on any atom is 0.231 e. The second kappa shape index (κ2) is 6.78. The summed E-state index contributed by atoms with van der Waals surface area (Å²) in [5.74, 6) is 2.75. The molecule has 1 amide bonds. The van der Waals surface area contributed by atoms with Gasteiger partial charge in [0.05, 0.1) is 12.1 Å². The number of nitrogens with zero attached hydrogens (tertiary/aromatic N) is 2. The Hall–Kier alpha value is -2.50. The van der Waals surface area contributed by atoms with Gasteiger partial charge in [-0.2, -0.15) is 0 Å². The number of benzene rings is 1. The third-order valence-electron chi connectivity index (χ3n) is 4.79. The van der Waals surface area contributed by atoms with Crippen molar-refractivity contribution in [2.75, 3.05) is 19.9 Å². The Bertz CT molecular complexity index is 776. The Balaban J connectivity index is 1.51. The van der Waals surface area contributed by atoms with E-state index in [0.29, 0.717) is 29.5 Å². The first kappa shape index (κ1) is 16.0. The molecule has 132 valence electrons. The number of amides is 1. The number of ether oxygens (including phenoxy) is 2. The predicted molar refractivity (Wildman–Crippen MR) is 91.6 cm³/mol. The molecule has 1 aromatic carbocycles. The van der Waals surface area contributed by atoms with Crippen molar-refractivity contribution in [1.29, 1.82) is 0 Å². The molecular formula is C19H22N2O4. The summed E-state index contributed by atoms with van der Waals surface area (Å²) in [5.41, 5.74) is 1.53. The number of carbonyl (C=O) groups is 1. The molecule has 0 bridgehead atoms. The molecule has 0 atom stereocenters. The van der Waals surface area contributed by atoms with Crippen LogP contribution >= 0.6 is 0 Å². The van der Waals surface area contributed by atoms with Gasteiger partial charge in [0.1, 0.15) is 5.76 Å². The van der Waals surface area contributed by atoms with E-state index < -0.39 is 0 Å². The van der Waals surface area contributed by atoms with Crippen LogP contribution in [0, 0.1) is 6.92 Å². The van der Waals surface area contributed by atoms with Gasteiger partial charge in [0.15, 0.2) is 11.5 Å². The van der Waals surface area contributed by atoms with Crippen molar-refractivity contribution in [2.45, 2.75) is 39.0 Å². The van der Waals surface area contributed by atoms with Crippen molar-refractivity contribution in [3.05, 3.63) is 29.7 Å².